The van der Waals surface area contributed by atoms with Gasteiger partial charge in [0.15, 0.2) is 0 Å². The van der Waals surface area contributed by atoms with Crippen LogP contribution >= 0.6 is 0 Å². The number of benzene rings is 1. The highest BCUT2D eigenvalue weighted by molar-refractivity contribution is 5.81. The number of aromatic nitrogens is 1. The number of pyridine rings is 1. The van der Waals surface area contributed by atoms with E-state index in [1.54, 1.807) is 0 Å². The van der Waals surface area contributed by atoms with Gasteiger partial charge < -0.3 is 5.32 Å². The van der Waals surface area contributed by atoms with Crippen molar-refractivity contribution in [2.75, 3.05) is 6.54 Å². The van der Waals surface area contributed by atoms with E-state index in [0.717, 1.165) is 13.1 Å². The zero-order valence-corrected chi connectivity index (χ0v) is 11.5. The van der Waals surface area contributed by atoms with Gasteiger partial charge >= 0.3 is 0 Å². The van der Waals surface area contributed by atoms with Crippen molar-refractivity contribution >= 4 is 10.8 Å². The predicted octanol–water partition coefficient (Wildman–Crippen LogP) is 3.76. The summed E-state index contributed by atoms with van der Waals surface area (Å²) >= 11 is 0. The average molecular weight is 242 g/mol. The third-order valence-corrected chi connectivity index (χ3v) is 3.09. The van der Waals surface area contributed by atoms with Gasteiger partial charge in [-0.3, -0.25) is 4.98 Å². The highest BCUT2D eigenvalue weighted by Gasteiger charge is 2.08. The monoisotopic (exact) mass is 242 g/mol. The van der Waals surface area contributed by atoms with Crippen LogP contribution in [0, 0.1) is 5.41 Å². The lowest BCUT2D eigenvalue weighted by Crippen LogP contribution is -2.20. The van der Waals surface area contributed by atoms with Crippen LogP contribution in [0.3, 0.4) is 0 Å². The molecule has 0 aliphatic rings. The van der Waals surface area contributed by atoms with E-state index in [4.69, 9.17) is 0 Å². The minimum atomic E-state index is 0.405. The maximum Gasteiger partial charge on any atom is 0.0346 e. The Morgan fingerprint density at radius 2 is 1.94 bits per heavy atom. The van der Waals surface area contributed by atoms with Crippen LogP contribution in [-0.2, 0) is 6.54 Å². The topological polar surface area (TPSA) is 24.9 Å². The summed E-state index contributed by atoms with van der Waals surface area (Å²) in [7, 11) is 0. The molecule has 0 spiro atoms. The van der Waals surface area contributed by atoms with E-state index in [9.17, 15) is 0 Å². The molecule has 0 bridgehead atoms. The number of nitrogens with one attached hydrogen (secondary N) is 1. The van der Waals surface area contributed by atoms with Crippen molar-refractivity contribution in [1.29, 1.82) is 0 Å². The van der Waals surface area contributed by atoms with Crippen LogP contribution in [0.2, 0.25) is 0 Å². The first-order valence-electron chi connectivity index (χ1n) is 6.58. The van der Waals surface area contributed by atoms with Crippen LogP contribution in [0.4, 0.5) is 0 Å². The number of hydrogen-bond donors (Lipinski definition) is 1. The minimum absolute atomic E-state index is 0.405. The molecule has 0 saturated heterocycles. The molecule has 0 aliphatic heterocycles. The summed E-state index contributed by atoms with van der Waals surface area (Å²) in [6, 6.07) is 8.62. The van der Waals surface area contributed by atoms with Crippen molar-refractivity contribution in [2.45, 2.75) is 33.7 Å². The van der Waals surface area contributed by atoms with E-state index in [2.05, 4.69) is 55.3 Å². The third-order valence-electron chi connectivity index (χ3n) is 3.09. The average Bonchev–Trinajstić information content (AvgIpc) is 2.33. The molecular formula is C16H22N2. The van der Waals surface area contributed by atoms with Crippen LogP contribution in [0.25, 0.3) is 10.8 Å². The van der Waals surface area contributed by atoms with Gasteiger partial charge in [-0.15, -0.1) is 0 Å². The molecule has 0 radical (unpaired) electrons. The zero-order chi connectivity index (χ0) is 13.0. The van der Waals surface area contributed by atoms with Crippen LogP contribution in [0.5, 0.6) is 0 Å². The van der Waals surface area contributed by atoms with Crippen molar-refractivity contribution in [3.05, 3.63) is 42.2 Å². The van der Waals surface area contributed by atoms with Gasteiger partial charge in [0.25, 0.3) is 0 Å². The molecule has 18 heavy (non-hydrogen) atoms. The summed E-state index contributed by atoms with van der Waals surface area (Å²) in [5.41, 5.74) is 1.74. The van der Waals surface area contributed by atoms with Crippen LogP contribution in [0.15, 0.2) is 36.7 Å². The lowest BCUT2D eigenvalue weighted by Gasteiger charge is -2.18. The molecule has 0 amide bonds. The molecule has 2 aromatic rings. The van der Waals surface area contributed by atoms with Gasteiger partial charge in [-0.2, -0.15) is 0 Å². The highest BCUT2D eigenvalue weighted by Crippen LogP contribution is 2.17. The van der Waals surface area contributed by atoms with Crippen LogP contribution in [0.1, 0.15) is 32.8 Å². The Labute approximate surface area is 109 Å². The minimum Gasteiger partial charge on any atom is -0.313 e. The Kier molecular flexibility index (Phi) is 3.97. The van der Waals surface area contributed by atoms with Gasteiger partial charge in [-0.25, -0.2) is 0 Å². The second-order valence-corrected chi connectivity index (χ2v) is 6.04. The summed E-state index contributed by atoms with van der Waals surface area (Å²) < 4.78 is 0. The molecule has 0 atom stereocenters. The standard InChI is InChI=1S/C16H22N2/c1-16(2,3)7-9-18-11-13-4-5-15-12-17-8-6-14(15)10-13/h4-6,8,10,12,18H,7,9,11H2,1-3H3. The molecule has 1 aromatic carbocycles. The zero-order valence-electron chi connectivity index (χ0n) is 11.5. The van der Waals surface area contributed by atoms with E-state index in [0.29, 0.717) is 5.41 Å². The first kappa shape index (κ1) is 13.0. The summed E-state index contributed by atoms with van der Waals surface area (Å²) in [4.78, 5) is 4.13. The van der Waals surface area contributed by atoms with Gasteiger partial charge in [0.1, 0.15) is 0 Å². The summed E-state index contributed by atoms with van der Waals surface area (Å²) in [5.74, 6) is 0. The molecule has 2 rings (SSSR count). The van der Waals surface area contributed by atoms with Gasteiger partial charge in [0.05, 0.1) is 0 Å². The molecule has 0 fully saturated rings. The second kappa shape index (κ2) is 5.49. The number of fused-ring (bicyclic) bond motifs is 1. The van der Waals surface area contributed by atoms with Gasteiger partial charge in [-0.1, -0.05) is 32.9 Å². The summed E-state index contributed by atoms with van der Waals surface area (Å²) in [6.45, 7) is 8.83. The van der Waals surface area contributed by atoms with Crippen molar-refractivity contribution < 1.29 is 0 Å². The molecule has 2 nitrogen and oxygen atoms in total. The highest BCUT2D eigenvalue weighted by atomic mass is 14.8. The molecule has 1 aromatic heterocycles. The normalized spacial score (nSPS) is 11.9. The fraction of sp³-hybridized carbons (Fsp3) is 0.438. The quantitative estimate of drug-likeness (QED) is 0.826. The third kappa shape index (κ3) is 3.81. The van der Waals surface area contributed by atoms with E-state index in [1.807, 2.05) is 12.4 Å². The fourth-order valence-electron chi connectivity index (χ4n) is 1.94. The maximum atomic E-state index is 4.13. The van der Waals surface area contributed by atoms with Gasteiger partial charge in [0.2, 0.25) is 0 Å². The molecule has 0 aliphatic carbocycles. The predicted molar refractivity (Wildman–Crippen MR) is 77.5 cm³/mol. The Balaban J connectivity index is 1.92. The number of rotatable bonds is 4. The van der Waals surface area contributed by atoms with E-state index < -0.39 is 0 Å². The van der Waals surface area contributed by atoms with E-state index in [1.165, 1.54) is 22.8 Å². The van der Waals surface area contributed by atoms with E-state index >= 15 is 0 Å². The number of nitrogens with zero attached hydrogens (tertiary/aromatic N) is 1. The SMILES string of the molecule is CC(C)(C)CCNCc1ccc2cnccc2c1. The molecule has 2 heteroatoms. The van der Waals surface area contributed by atoms with Crippen molar-refractivity contribution in [3.8, 4) is 0 Å². The molecule has 1 heterocycles. The Morgan fingerprint density at radius 3 is 2.72 bits per heavy atom. The van der Waals surface area contributed by atoms with Gasteiger partial charge in [0, 0.05) is 24.3 Å². The summed E-state index contributed by atoms with van der Waals surface area (Å²) in [6.07, 6.45) is 4.95. The van der Waals surface area contributed by atoms with Crippen molar-refractivity contribution in [1.82, 2.24) is 10.3 Å². The lowest BCUT2D eigenvalue weighted by atomic mass is 9.92. The van der Waals surface area contributed by atoms with Crippen molar-refractivity contribution in [2.24, 2.45) is 5.41 Å². The smallest absolute Gasteiger partial charge is 0.0346 e. The van der Waals surface area contributed by atoms with Gasteiger partial charge in [-0.05, 0) is 41.5 Å². The molecule has 1 N–H and O–H groups in total. The number of hydrogen-bond acceptors (Lipinski definition) is 2. The van der Waals surface area contributed by atoms with Crippen molar-refractivity contribution in [3.63, 3.8) is 0 Å². The second-order valence-electron chi connectivity index (χ2n) is 6.04. The largest absolute Gasteiger partial charge is 0.313 e. The lowest BCUT2D eigenvalue weighted by molar-refractivity contribution is 0.366. The van der Waals surface area contributed by atoms with E-state index in [-0.39, 0.29) is 0 Å². The first-order chi connectivity index (χ1) is 8.54. The Morgan fingerprint density at radius 1 is 1.11 bits per heavy atom. The molecule has 0 unspecified atom stereocenters. The Hall–Kier alpha value is -1.41. The fourth-order valence-corrected chi connectivity index (χ4v) is 1.94. The molecular weight excluding hydrogens is 220 g/mol. The van der Waals surface area contributed by atoms with Crippen LogP contribution in [-0.4, -0.2) is 11.5 Å². The molecule has 96 valence electrons. The maximum absolute atomic E-state index is 4.13. The molecule has 0 saturated carbocycles. The Bertz CT molecular complexity index is 512. The van der Waals surface area contributed by atoms with Crippen LogP contribution < -0.4 is 5.32 Å². The summed E-state index contributed by atoms with van der Waals surface area (Å²) in [5, 5.41) is 5.98. The first-order valence-corrected chi connectivity index (χ1v) is 6.58.